The summed E-state index contributed by atoms with van der Waals surface area (Å²) in [5.41, 5.74) is 4.26. The van der Waals surface area contributed by atoms with Gasteiger partial charge in [-0.2, -0.15) is 0 Å². The van der Waals surface area contributed by atoms with Gasteiger partial charge in [-0.05, 0) is 62.2 Å². The fourth-order valence-electron chi connectivity index (χ4n) is 4.04. The summed E-state index contributed by atoms with van der Waals surface area (Å²) >= 11 is 0. The summed E-state index contributed by atoms with van der Waals surface area (Å²) < 4.78 is 30.4. The number of sulfonamides is 1. The predicted molar refractivity (Wildman–Crippen MR) is 119 cm³/mol. The van der Waals surface area contributed by atoms with Gasteiger partial charge in [0, 0.05) is 29.3 Å². The van der Waals surface area contributed by atoms with Crippen LogP contribution < -0.4 is 10.0 Å². The summed E-state index contributed by atoms with van der Waals surface area (Å²) in [6, 6.07) is 15.8. The van der Waals surface area contributed by atoms with Crippen LogP contribution in [0.3, 0.4) is 0 Å². The van der Waals surface area contributed by atoms with Crippen LogP contribution in [0.2, 0.25) is 0 Å². The molecule has 8 nitrogen and oxygen atoms in total. The number of rotatable bonds is 5. The SMILES string of the molecule is Cc1cc(C(=O)OCC(=O)N2CCc3cc(S(N)(=O)=O)ccc32)c(C)n1-c1ccccc1. The Morgan fingerprint density at radius 1 is 1.06 bits per heavy atom. The normalized spacial score (nSPS) is 13.2. The molecule has 2 N–H and O–H groups in total. The molecule has 0 aliphatic carbocycles. The van der Waals surface area contributed by atoms with Crippen molar-refractivity contribution in [1.29, 1.82) is 0 Å². The molecule has 166 valence electrons. The number of primary sulfonamides is 1. The Morgan fingerprint density at radius 2 is 1.78 bits per heavy atom. The van der Waals surface area contributed by atoms with Crippen molar-refractivity contribution in [1.82, 2.24) is 4.57 Å². The van der Waals surface area contributed by atoms with Crippen LogP contribution in [0.15, 0.2) is 59.5 Å². The molecule has 2 heterocycles. The van der Waals surface area contributed by atoms with E-state index < -0.39 is 22.6 Å². The van der Waals surface area contributed by atoms with E-state index in [0.717, 1.165) is 17.1 Å². The highest BCUT2D eigenvalue weighted by atomic mass is 32.2. The van der Waals surface area contributed by atoms with Crippen molar-refractivity contribution >= 4 is 27.6 Å². The molecule has 0 fully saturated rings. The number of benzene rings is 2. The molecule has 9 heteroatoms. The number of aryl methyl sites for hydroxylation is 1. The number of hydrogen-bond acceptors (Lipinski definition) is 5. The van der Waals surface area contributed by atoms with Crippen LogP contribution in [-0.4, -0.2) is 38.0 Å². The third kappa shape index (κ3) is 4.04. The zero-order chi connectivity index (χ0) is 23.0. The molecular weight excluding hydrogens is 430 g/mol. The Bertz CT molecular complexity index is 1310. The van der Waals surface area contributed by atoms with Crippen molar-refractivity contribution in [2.24, 2.45) is 5.14 Å². The number of esters is 1. The minimum atomic E-state index is -3.81. The Balaban J connectivity index is 1.47. The lowest BCUT2D eigenvalue weighted by atomic mass is 10.2. The standard InChI is InChI=1S/C23H23N3O5S/c1-15-12-20(16(2)26(15)18-6-4-3-5-7-18)23(28)31-14-22(27)25-11-10-17-13-19(32(24,29)30)8-9-21(17)25/h3-9,12-13H,10-11,14H2,1-2H3,(H2,24,29,30). The summed E-state index contributed by atoms with van der Waals surface area (Å²) in [4.78, 5) is 26.9. The third-order valence-electron chi connectivity index (χ3n) is 5.57. The van der Waals surface area contributed by atoms with Gasteiger partial charge in [0.15, 0.2) is 6.61 Å². The Kier molecular flexibility index (Phi) is 5.62. The van der Waals surface area contributed by atoms with Gasteiger partial charge in [0.2, 0.25) is 10.0 Å². The van der Waals surface area contributed by atoms with Gasteiger partial charge in [0.1, 0.15) is 0 Å². The lowest BCUT2D eigenvalue weighted by Gasteiger charge is -2.17. The number of aromatic nitrogens is 1. The molecule has 1 aliphatic heterocycles. The average Bonchev–Trinajstić information content (AvgIpc) is 3.31. The van der Waals surface area contributed by atoms with Gasteiger partial charge in [-0.15, -0.1) is 0 Å². The van der Waals surface area contributed by atoms with E-state index in [0.29, 0.717) is 29.8 Å². The molecule has 0 bridgehead atoms. The van der Waals surface area contributed by atoms with Crippen LogP contribution in [0.5, 0.6) is 0 Å². The summed E-state index contributed by atoms with van der Waals surface area (Å²) in [5, 5.41) is 5.18. The van der Waals surface area contributed by atoms with Crippen LogP contribution in [0.25, 0.3) is 5.69 Å². The van der Waals surface area contributed by atoms with Crippen LogP contribution in [0.1, 0.15) is 27.3 Å². The number of carbonyl (C=O) groups is 2. The molecule has 0 spiro atoms. The van der Waals surface area contributed by atoms with Gasteiger partial charge < -0.3 is 14.2 Å². The van der Waals surface area contributed by atoms with Crippen molar-refractivity contribution in [3.63, 3.8) is 0 Å². The fourth-order valence-corrected chi connectivity index (χ4v) is 4.61. The smallest absolute Gasteiger partial charge is 0.340 e. The van der Waals surface area contributed by atoms with Gasteiger partial charge >= 0.3 is 5.97 Å². The number of nitrogens with zero attached hydrogens (tertiary/aromatic N) is 2. The second-order valence-corrected chi connectivity index (χ2v) is 9.22. The first-order valence-corrected chi connectivity index (χ1v) is 11.6. The predicted octanol–water partition coefficient (Wildman–Crippen LogP) is 2.49. The largest absolute Gasteiger partial charge is 0.452 e. The second kappa shape index (κ2) is 8.25. The molecule has 2 aromatic carbocycles. The summed E-state index contributed by atoms with van der Waals surface area (Å²) in [7, 11) is -3.81. The molecule has 0 saturated carbocycles. The first kappa shape index (κ1) is 21.8. The monoisotopic (exact) mass is 453 g/mol. The molecule has 32 heavy (non-hydrogen) atoms. The number of anilines is 1. The minimum absolute atomic E-state index is 0.00532. The van der Waals surface area contributed by atoms with Crippen LogP contribution in [-0.2, 0) is 26.0 Å². The van der Waals surface area contributed by atoms with Crippen molar-refractivity contribution < 1.29 is 22.7 Å². The number of carbonyl (C=O) groups excluding carboxylic acids is 2. The van der Waals surface area contributed by atoms with Crippen LogP contribution in [0.4, 0.5) is 5.69 Å². The lowest BCUT2D eigenvalue weighted by molar-refractivity contribution is -0.121. The maximum Gasteiger partial charge on any atom is 0.340 e. The number of amides is 1. The number of para-hydroxylation sites is 1. The zero-order valence-electron chi connectivity index (χ0n) is 17.7. The Hall–Kier alpha value is -3.43. The maximum atomic E-state index is 12.7. The average molecular weight is 454 g/mol. The first-order valence-electron chi connectivity index (χ1n) is 10.0. The molecule has 1 aliphatic rings. The summed E-state index contributed by atoms with van der Waals surface area (Å²) in [5.74, 6) is -0.949. The summed E-state index contributed by atoms with van der Waals surface area (Å²) in [6.07, 6.45) is 0.497. The molecule has 0 atom stereocenters. The van der Waals surface area contributed by atoms with E-state index in [4.69, 9.17) is 9.88 Å². The number of fused-ring (bicyclic) bond motifs is 1. The number of nitrogens with two attached hydrogens (primary N) is 1. The molecular formula is C23H23N3O5S. The molecule has 4 rings (SSSR count). The highest BCUT2D eigenvalue weighted by Gasteiger charge is 2.27. The van der Waals surface area contributed by atoms with E-state index in [-0.39, 0.29) is 10.8 Å². The van der Waals surface area contributed by atoms with Gasteiger partial charge in [0.05, 0.1) is 10.5 Å². The number of ether oxygens (including phenoxy) is 1. The minimum Gasteiger partial charge on any atom is -0.452 e. The highest BCUT2D eigenvalue weighted by Crippen LogP contribution is 2.30. The Labute approximate surface area is 186 Å². The number of hydrogen-bond donors (Lipinski definition) is 1. The molecule has 0 unspecified atom stereocenters. The van der Waals surface area contributed by atoms with Crippen molar-refractivity contribution in [3.05, 3.63) is 77.1 Å². The van der Waals surface area contributed by atoms with Gasteiger partial charge in [0.25, 0.3) is 5.91 Å². The van der Waals surface area contributed by atoms with Gasteiger partial charge in [-0.1, -0.05) is 18.2 Å². The molecule has 1 aromatic heterocycles. The highest BCUT2D eigenvalue weighted by molar-refractivity contribution is 7.89. The lowest BCUT2D eigenvalue weighted by Crippen LogP contribution is -2.33. The van der Waals surface area contributed by atoms with E-state index in [1.807, 2.05) is 48.7 Å². The van der Waals surface area contributed by atoms with E-state index in [1.165, 1.54) is 17.0 Å². The quantitative estimate of drug-likeness (QED) is 0.597. The van der Waals surface area contributed by atoms with E-state index in [2.05, 4.69) is 0 Å². The van der Waals surface area contributed by atoms with E-state index >= 15 is 0 Å². The topological polar surface area (TPSA) is 112 Å². The van der Waals surface area contributed by atoms with Crippen LogP contribution >= 0.6 is 0 Å². The van der Waals surface area contributed by atoms with Crippen LogP contribution in [0, 0.1) is 13.8 Å². The molecule has 0 radical (unpaired) electrons. The molecule has 0 saturated heterocycles. The summed E-state index contributed by atoms with van der Waals surface area (Å²) in [6.45, 7) is 3.70. The Morgan fingerprint density at radius 3 is 2.47 bits per heavy atom. The zero-order valence-corrected chi connectivity index (χ0v) is 18.6. The fraction of sp³-hybridized carbons (Fsp3) is 0.217. The molecule has 3 aromatic rings. The second-order valence-electron chi connectivity index (χ2n) is 7.66. The van der Waals surface area contributed by atoms with Crippen molar-refractivity contribution in [2.45, 2.75) is 25.2 Å². The van der Waals surface area contributed by atoms with Gasteiger partial charge in [-0.25, -0.2) is 18.4 Å². The van der Waals surface area contributed by atoms with E-state index in [1.54, 1.807) is 12.1 Å². The van der Waals surface area contributed by atoms with Crippen molar-refractivity contribution in [2.75, 3.05) is 18.1 Å². The molecule has 1 amide bonds. The first-order chi connectivity index (χ1) is 15.2. The van der Waals surface area contributed by atoms with Gasteiger partial charge in [-0.3, -0.25) is 4.79 Å². The third-order valence-corrected chi connectivity index (χ3v) is 6.48. The maximum absolute atomic E-state index is 12.7. The van der Waals surface area contributed by atoms with E-state index in [9.17, 15) is 18.0 Å². The van der Waals surface area contributed by atoms with Crippen molar-refractivity contribution in [3.8, 4) is 5.69 Å².